The smallest absolute Gasteiger partial charge is 0.204 e. The molecule has 0 saturated heterocycles. The zero-order chi connectivity index (χ0) is 25.5. The molecule has 1 saturated carbocycles. The summed E-state index contributed by atoms with van der Waals surface area (Å²) in [4.78, 5) is 12.9. The molecular formula is C27H38FN5O2. The van der Waals surface area contributed by atoms with Gasteiger partial charge in [-0.05, 0) is 50.6 Å². The van der Waals surface area contributed by atoms with Crippen molar-refractivity contribution < 1.29 is 13.9 Å². The molecule has 0 bridgehead atoms. The Kier molecular flexibility index (Phi) is 12.3. The molecule has 7 nitrogen and oxygen atoms in total. The minimum Gasteiger partial charge on any atom is -0.492 e. The minimum atomic E-state index is -0.421. The molecule has 0 atom stereocenters. The molecule has 2 aromatic rings. The molecule has 0 spiro atoms. The Bertz CT molecular complexity index is 957. The van der Waals surface area contributed by atoms with Crippen LogP contribution in [0.2, 0.25) is 0 Å². The third-order valence-electron chi connectivity index (χ3n) is 5.77. The summed E-state index contributed by atoms with van der Waals surface area (Å²) in [5.74, 6) is 0.903. The highest BCUT2D eigenvalue weighted by Crippen LogP contribution is 2.33. The number of aliphatic imine (C=N–C) groups is 1. The number of nitrogens with zero attached hydrogens (tertiary/aromatic N) is 1. The highest BCUT2D eigenvalue weighted by molar-refractivity contribution is 5.83. The summed E-state index contributed by atoms with van der Waals surface area (Å²) < 4.78 is 20.6. The maximum Gasteiger partial charge on any atom is 0.204 e. The van der Waals surface area contributed by atoms with E-state index in [1.807, 2.05) is 31.3 Å². The van der Waals surface area contributed by atoms with Gasteiger partial charge in [-0.3, -0.25) is 9.79 Å². The van der Waals surface area contributed by atoms with Gasteiger partial charge in [0.05, 0.1) is 11.3 Å². The molecule has 1 aliphatic carbocycles. The molecule has 5 N–H and O–H groups in total. The van der Waals surface area contributed by atoms with Gasteiger partial charge in [-0.1, -0.05) is 32.3 Å². The second-order valence-electron chi connectivity index (χ2n) is 8.32. The van der Waals surface area contributed by atoms with E-state index in [0.29, 0.717) is 35.8 Å². The number of halogens is 1. The van der Waals surface area contributed by atoms with E-state index >= 15 is 0 Å². The maximum absolute atomic E-state index is 14.9. The van der Waals surface area contributed by atoms with Crippen LogP contribution in [0.25, 0.3) is 5.70 Å². The number of nitrogens with one attached hydrogen (secondary N) is 3. The van der Waals surface area contributed by atoms with Crippen LogP contribution in [0.5, 0.6) is 5.75 Å². The van der Waals surface area contributed by atoms with Gasteiger partial charge in [-0.25, -0.2) is 4.39 Å². The summed E-state index contributed by atoms with van der Waals surface area (Å²) in [6.45, 7) is 7.97. The van der Waals surface area contributed by atoms with Crippen molar-refractivity contribution in [3.05, 3.63) is 54.4 Å². The fourth-order valence-corrected chi connectivity index (χ4v) is 4.09. The van der Waals surface area contributed by atoms with E-state index in [4.69, 9.17) is 9.53 Å². The van der Waals surface area contributed by atoms with Crippen LogP contribution in [-0.2, 0) is 4.79 Å². The lowest BCUT2D eigenvalue weighted by molar-refractivity contribution is -0.106. The van der Waals surface area contributed by atoms with Gasteiger partial charge in [0.15, 0.2) is 0 Å². The Morgan fingerprint density at radius 2 is 1.86 bits per heavy atom. The van der Waals surface area contributed by atoms with E-state index in [9.17, 15) is 4.39 Å². The number of hydrogen-bond acceptors (Lipinski definition) is 6. The van der Waals surface area contributed by atoms with Crippen molar-refractivity contribution in [2.45, 2.75) is 39.0 Å². The standard InChI is InChI=1S/C26H35FN4O.CH3NO/c1-4-29-25-18-23(32-16-15-28-3)17-24(27)26(25)19(2)31-22-11-9-21(10-12-22)30-14-13-20-7-5-6-8-20;2-1-3/h4,9-12,17-18,20,28,30-31H,2,5-8,13-16H2,1,3H3;1H,(H2,2,3). The summed E-state index contributed by atoms with van der Waals surface area (Å²) in [5, 5.41) is 9.71. The van der Waals surface area contributed by atoms with E-state index < -0.39 is 5.82 Å². The highest BCUT2D eigenvalue weighted by atomic mass is 19.1. The predicted molar refractivity (Wildman–Crippen MR) is 144 cm³/mol. The van der Waals surface area contributed by atoms with Crippen LogP contribution in [0.3, 0.4) is 0 Å². The topological polar surface area (TPSA) is 101 Å². The van der Waals surface area contributed by atoms with Crippen molar-refractivity contribution in [2.75, 3.05) is 37.4 Å². The number of benzene rings is 2. The number of carbonyl (C=O) groups excluding carboxylic acids is 1. The van der Waals surface area contributed by atoms with Gasteiger partial charge in [0, 0.05) is 48.5 Å². The van der Waals surface area contributed by atoms with Crippen LogP contribution < -0.4 is 26.4 Å². The average molecular weight is 484 g/mol. The van der Waals surface area contributed by atoms with Crippen molar-refractivity contribution >= 4 is 35.4 Å². The summed E-state index contributed by atoms with van der Waals surface area (Å²) in [6.07, 6.45) is 8.62. The largest absolute Gasteiger partial charge is 0.492 e. The minimum absolute atomic E-state index is 0.250. The predicted octanol–water partition coefficient (Wildman–Crippen LogP) is 5.32. The molecule has 1 amide bonds. The summed E-state index contributed by atoms with van der Waals surface area (Å²) in [7, 11) is 1.84. The molecule has 0 aliphatic heterocycles. The normalized spacial score (nSPS) is 13.2. The van der Waals surface area contributed by atoms with Crippen LogP contribution in [0, 0.1) is 11.7 Å². The van der Waals surface area contributed by atoms with Crippen LogP contribution in [0.15, 0.2) is 48.0 Å². The number of nitrogens with two attached hydrogens (primary N) is 1. The molecule has 0 radical (unpaired) electrons. The fourth-order valence-electron chi connectivity index (χ4n) is 4.09. The Morgan fingerprint density at radius 1 is 1.20 bits per heavy atom. The van der Waals surface area contributed by atoms with Crippen LogP contribution in [0.4, 0.5) is 21.5 Å². The van der Waals surface area contributed by atoms with E-state index in [1.54, 1.807) is 19.2 Å². The molecular weight excluding hydrogens is 445 g/mol. The quantitative estimate of drug-likeness (QED) is 0.186. The van der Waals surface area contributed by atoms with Gasteiger partial charge >= 0.3 is 0 Å². The number of anilines is 2. The van der Waals surface area contributed by atoms with Crippen LogP contribution >= 0.6 is 0 Å². The Balaban J connectivity index is 0.00000137. The third-order valence-corrected chi connectivity index (χ3v) is 5.77. The lowest BCUT2D eigenvalue weighted by Crippen LogP contribution is -2.16. The summed E-state index contributed by atoms with van der Waals surface area (Å²) >= 11 is 0. The number of likely N-dealkylation sites (N-methyl/N-ethyl adjacent to an activating group) is 1. The fraction of sp³-hybridized carbons (Fsp3) is 0.407. The Morgan fingerprint density at radius 3 is 2.49 bits per heavy atom. The molecule has 0 heterocycles. The van der Waals surface area contributed by atoms with Crippen LogP contribution in [-0.4, -0.2) is 39.4 Å². The van der Waals surface area contributed by atoms with Gasteiger partial charge in [0.25, 0.3) is 0 Å². The first-order chi connectivity index (χ1) is 17.0. The Hall–Kier alpha value is -3.39. The van der Waals surface area contributed by atoms with E-state index in [2.05, 4.69) is 33.3 Å². The molecule has 0 aromatic heterocycles. The van der Waals surface area contributed by atoms with Gasteiger partial charge in [0.1, 0.15) is 18.2 Å². The number of rotatable bonds is 12. The first kappa shape index (κ1) is 27.9. The maximum atomic E-state index is 14.9. The van der Waals surface area contributed by atoms with Crippen molar-refractivity contribution in [3.63, 3.8) is 0 Å². The zero-order valence-corrected chi connectivity index (χ0v) is 20.8. The third kappa shape index (κ3) is 9.41. The monoisotopic (exact) mass is 483 g/mol. The highest BCUT2D eigenvalue weighted by Gasteiger charge is 2.16. The van der Waals surface area contributed by atoms with Gasteiger partial charge in [0.2, 0.25) is 6.41 Å². The van der Waals surface area contributed by atoms with E-state index in [1.165, 1.54) is 38.2 Å². The SMILES string of the molecule is C=C(Nc1ccc(NCCC2CCCC2)cc1)c1c(F)cc(OCCNC)cc1N=CC.NC=O. The van der Waals surface area contributed by atoms with Crippen molar-refractivity contribution in [2.24, 2.45) is 16.6 Å². The molecule has 8 heteroatoms. The van der Waals surface area contributed by atoms with Crippen molar-refractivity contribution in [3.8, 4) is 5.75 Å². The number of amides is 1. The summed E-state index contributed by atoms with van der Waals surface area (Å²) in [5.41, 5.74) is 7.37. The average Bonchev–Trinajstić information content (AvgIpc) is 3.34. The lowest BCUT2D eigenvalue weighted by Gasteiger charge is -2.16. The zero-order valence-electron chi connectivity index (χ0n) is 20.8. The number of primary amides is 1. The number of carbonyl (C=O) groups is 1. The lowest BCUT2D eigenvalue weighted by atomic mass is 10.0. The first-order valence-electron chi connectivity index (χ1n) is 12.1. The molecule has 190 valence electrons. The molecule has 1 fully saturated rings. The van der Waals surface area contributed by atoms with Gasteiger partial charge in [-0.2, -0.15) is 0 Å². The van der Waals surface area contributed by atoms with E-state index in [-0.39, 0.29) is 6.41 Å². The second-order valence-corrected chi connectivity index (χ2v) is 8.32. The molecule has 1 aliphatic rings. The van der Waals surface area contributed by atoms with E-state index in [0.717, 1.165) is 23.8 Å². The molecule has 35 heavy (non-hydrogen) atoms. The molecule has 0 unspecified atom stereocenters. The Labute approximate surface area is 208 Å². The summed E-state index contributed by atoms with van der Waals surface area (Å²) in [6, 6.07) is 11.1. The van der Waals surface area contributed by atoms with Gasteiger partial charge < -0.3 is 26.4 Å². The molecule has 3 rings (SSSR count). The van der Waals surface area contributed by atoms with Crippen molar-refractivity contribution in [1.82, 2.24) is 5.32 Å². The van der Waals surface area contributed by atoms with Gasteiger partial charge in [-0.15, -0.1) is 0 Å². The number of ether oxygens (including phenoxy) is 1. The first-order valence-corrected chi connectivity index (χ1v) is 12.1. The van der Waals surface area contributed by atoms with Crippen LogP contribution in [0.1, 0.15) is 44.6 Å². The second kappa shape index (κ2) is 15.5. The number of hydrogen-bond donors (Lipinski definition) is 4. The van der Waals surface area contributed by atoms with Crippen molar-refractivity contribution in [1.29, 1.82) is 0 Å². The molecule has 2 aromatic carbocycles.